The number of hydrogen-bond acceptors (Lipinski definition) is 8. The van der Waals surface area contributed by atoms with Crippen LogP contribution in [0.1, 0.15) is 11.3 Å². The van der Waals surface area contributed by atoms with Crippen LogP contribution < -0.4 is 0 Å². The summed E-state index contributed by atoms with van der Waals surface area (Å²) in [5, 5.41) is 4.53. The Hall–Kier alpha value is -2.73. The molecule has 0 bridgehead atoms. The highest BCUT2D eigenvalue weighted by Gasteiger charge is 2.27. The van der Waals surface area contributed by atoms with E-state index in [0.717, 1.165) is 16.8 Å². The quantitative estimate of drug-likeness (QED) is 0.371. The third kappa shape index (κ3) is 4.41. The minimum Gasteiger partial charge on any atom is -0.431 e. The van der Waals surface area contributed by atoms with Gasteiger partial charge in [0.15, 0.2) is 11.3 Å². The summed E-state index contributed by atoms with van der Waals surface area (Å²) in [6, 6.07) is 10.7. The van der Waals surface area contributed by atoms with Gasteiger partial charge in [-0.25, -0.2) is 17.8 Å². The number of aromatic nitrogens is 2. The summed E-state index contributed by atoms with van der Waals surface area (Å²) in [5.74, 6) is 0.715. The summed E-state index contributed by atoms with van der Waals surface area (Å²) < 4.78 is 56.9. The molecular formula is C22H20FN3O5S2. The van der Waals surface area contributed by atoms with E-state index in [-0.39, 0.29) is 10.7 Å². The maximum Gasteiger partial charge on any atom is 0.257 e. The molecule has 0 unspecified atom stereocenters. The van der Waals surface area contributed by atoms with Crippen molar-refractivity contribution in [3.8, 4) is 11.3 Å². The molecule has 172 valence electrons. The molecule has 1 saturated heterocycles. The molecule has 0 N–H and O–H groups in total. The Morgan fingerprint density at radius 3 is 2.64 bits per heavy atom. The van der Waals surface area contributed by atoms with Crippen LogP contribution in [0.5, 0.6) is 0 Å². The van der Waals surface area contributed by atoms with Crippen LogP contribution in [-0.2, 0) is 20.5 Å². The van der Waals surface area contributed by atoms with Gasteiger partial charge in [0.25, 0.3) is 5.22 Å². The molecule has 0 amide bonds. The minimum atomic E-state index is -3.61. The SMILES string of the molecule is Cc1c(CSc2nc3cc(S(=O)(=O)N4CCOCC4)ccc3o2)noc1-c1ccc(F)cc1. The lowest BCUT2D eigenvalue weighted by molar-refractivity contribution is 0.0730. The minimum absolute atomic E-state index is 0.179. The largest absolute Gasteiger partial charge is 0.431 e. The van der Waals surface area contributed by atoms with Crippen molar-refractivity contribution in [1.29, 1.82) is 0 Å². The highest BCUT2D eigenvalue weighted by atomic mass is 32.2. The average molecular weight is 490 g/mol. The van der Waals surface area contributed by atoms with E-state index in [1.165, 1.54) is 40.3 Å². The van der Waals surface area contributed by atoms with E-state index in [1.807, 2.05) is 6.92 Å². The Labute approximate surface area is 193 Å². The first-order valence-corrected chi connectivity index (χ1v) is 12.7. The standard InChI is InChI=1S/C22H20FN3O5S2/c1-14-19(25-31-21(14)15-2-4-16(23)5-3-15)13-32-22-24-18-12-17(6-7-20(18)30-22)33(27,28)26-8-10-29-11-9-26/h2-7,12H,8-11,13H2,1H3. The summed E-state index contributed by atoms with van der Waals surface area (Å²) in [6.45, 7) is 3.32. The predicted octanol–water partition coefficient (Wildman–Crippen LogP) is 4.24. The molecular weight excluding hydrogens is 469 g/mol. The van der Waals surface area contributed by atoms with Crippen LogP contribution >= 0.6 is 11.8 Å². The molecule has 0 atom stereocenters. The van der Waals surface area contributed by atoms with Gasteiger partial charge in [0.1, 0.15) is 11.3 Å². The molecule has 0 aliphatic carbocycles. The molecule has 1 fully saturated rings. The number of halogens is 1. The number of ether oxygens (including phenoxy) is 1. The Morgan fingerprint density at radius 2 is 1.88 bits per heavy atom. The van der Waals surface area contributed by atoms with Crippen molar-refractivity contribution in [2.45, 2.75) is 22.8 Å². The van der Waals surface area contributed by atoms with Gasteiger partial charge in [-0.2, -0.15) is 4.31 Å². The Balaban J connectivity index is 1.33. The second-order valence-electron chi connectivity index (χ2n) is 7.50. The summed E-state index contributed by atoms with van der Waals surface area (Å²) >= 11 is 1.33. The predicted molar refractivity (Wildman–Crippen MR) is 120 cm³/mol. The Morgan fingerprint density at radius 1 is 1.12 bits per heavy atom. The first-order valence-electron chi connectivity index (χ1n) is 10.2. The zero-order chi connectivity index (χ0) is 23.0. The number of morpholine rings is 1. The van der Waals surface area contributed by atoms with E-state index < -0.39 is 10.0 Å². The van der Waals surface area contributed by atoms with E-state index in [2.05, 4.69) is 10.1 Å². The van der Waals surface area contributed by atoms with Crippen molar-refractivity contribution < 1.29 is 26.5 Å². The highest BCUT2D eigenvalue weighted by Crippen LogP contribution is 2.32. The molecule has 33 heavy (non-hydrogen) atoms. The fourth-order valence-corrected chi connectivity index (χ4v) is 5.82. The summed E-state index contributed by atoms with van der Waals surface area (Å²) in [4.78, 5) is 4.62. The van der Waals surface area contributed by atoms with Crippen molar-refractivity contribution in [3.05, 3.63) is 59.5 Å². The fourth-order valence-electron chi connectivity index (χ4n) is 3.55. The van der Waals surface area contributed by atoms with Gasteiger partial charge >= 0.3 is 0 Å². The topological polar surface area (TPSA) is 98.7 Å². The number of sulfonamides is 1. The summed E-state index contributed by atoms with van der Waals surface area (Å²) in [5.41, 5.74) is 3.29. The van der Waals surface area contributed by atoms with Crippen molar-refractivity contribution in [3.63, 3.8) is 0 Å². The maximum atomic E-state index is 13.2. The molecule has 3 heterocycles. The number of rotatable bonds is 6. The zero-order valence-electron chi connectivity index (χ0n) is 17.7. The Kier molecular flexibility index (Phi) is 5.95. The van der Waals surface area contributed by atoms with Gasteiger partial charge in [-0.1, -0.05) is 16.9 Å². The summed E-state index contributed by atoms with van der Waals surface area (Å²) in [7, 11) is -3.61. The zero-order valence-corrected chi connectivity index (χ0v) is 19.3. The van der Waals surface area contributed by atoms with Crippen molar-refractivity contribution >= 4 is 32.9 Å². The molecule has 2 aromatic carbocycles. The fraction of sp³-hybridized carbons (Fsp3) is 0.273. The Bertz CT molecular complexity index is 1390. The number of nitrogens with zero attached hydrogens (tertiary/aromatic N) is 3. The number of thioether (sulfide) groups is 1. The van der Waals surface area contributed by atoms with Gasteiger partial charge in [-0.05, 0) is 49.4 Å². The van der Waals surface area contributed by atoms with Gasteiger partial charge in [0.05, 0.1) is 23.8 Å². The lowest BCUT2D eigenvalue weighted by Gasteiger charge is -2.25. The number of hydrogen-bond donors (Lipinski definition) is 0. The van der Waals surface area contributed by atoms with Gasteiger partial charge < -0.3 is 13.7 Å². The highest BCUT2D eigenvalue weighted by molar-refractivity contribution is 7.98. The van der Waals surface area contributed by atoms with Crippen LogP contribution in [0.3, 0.4) is 0 Å². The van der Waals surface area contributed by atoms with Gasteiger partial charge in [0.2, 0.25) is 10.0 Å². The van der Waals surface area contributed by atoms with Crippen LogP contribution in [-0.4, -0.2) is 49.2 Å². The van der Waals surface area contributed by atoms with Gasteiger partial charge in [0, 0.05) is 30.0 Å². The molecule has 1 aliphatic rings. The molecule has 0 saturated carbocycles. The normalized spacial score (nSPS) is 15.3. The number of oxazole rings is 1. The van der Waals surface area contributed by atoms with Crippen LogP contribution in [0.2, 0.25) is 0 Å². The van der Waals surface area contributed by atoms with Crippen molar-refractivity contribution in [2.75, 3.05) is 26.3 Å². The lowest BCUT2D eigenvalue weighted by Crippen LogP contribution is -2.40. The lowest BCUT2D eigenvalue weighted by atomic mass is 10.1. The van der Waals surface area contributed by atoms with Gasteiger partial charge in [-0.15, -0.1) is 0 Å². The second kappa shape index (κ2) is 8.90. The van der Waals surface area contributed by atoms with Gasteiger partial charge in [-0.3, -0.25) is 0 Å². The molecule has 1 aliphatic heterocycles. The second-order valence-corrected chi connectivity index (χ2v) is 10.4. The summed E-state index contributed by atoms with van der Waals surface area (Å²) in [6.07, 6.45) is 0. The third-order valence-corrected chi connectivity index (χ3v) is 8.14. The first-order chi connectivity index (χ1) is 15.9. The molecule has 0 spiro atoms. The first kappa shape index (κ1) is 22.1. The molecule has 0 radical (unpaired) electrons. The van der Waals surface area contributed by atoms with Crippen LogP contribution in [0.25, 0.3) is 22.4 Å². The van der Waals surface area contributed by atoms with Crippen LogP contribution in [0.4, 0.5) is 4.39 Å². The average Bonchev–Trinajstić information content (AvgIpc) is 3.41. The molecule has 8 nitrogen and oxygen atoms in total. The molecule has 11 heteroatoms. The third-order valence-electron chi connectivity index (χ3n) is 5.41. The van der Waals surface area contributed by atoms with E-state index in [0.29, 0.717) is 54.1 Å². The molecule has 5 rings (SSSR count). The van der Waals surface area contributed by atoms with Crippen molar-refractivity contribution in [2.24, 2.45) is 0 Å². The number of fused-ring (bicyclic) bond motifs is 1. The maximum absolute atomic E-state index is 13.2. The van der Waals surface area contributed by atoms with E-state index in [4.69, 9.17) is 13.7 Å². The van der Waals surface area contributed by atoms with E-state index in [1.54, 1.807) is 18.2 Å². The monoisotopic (exact) mass is 489 g/mol. The molecule has 2 aromatic heterocycles. The van der Waals surface area contributed by atoms with Crippen LogP contribution in [0, 0.1) is 12.7 Å². The van der Waals surface area contributed by atoms with E-state index in [9.17, 15) is 12.8 Å². The van der Waals surface area contributed by atoms with Crippen molar-refractivity contribution in [1.82, 2.24) is 14.4 Å². The van der Waals surface area contributed by atoms with Crippen LogP contribution in [0.15, 0.2) is 61.5 Å². The molecule has 4 aromatic rings. The van der Waals surface area contributed by atoms with E-state index >= 15 is 0 Å². The number of benzene rings is 2. The smallest absolute Gasteiger partial charge is 0.257 e.